The van der Waals surface area contributed by atoms with E-state index in [4.69, 9.17) is 99.2 Å². The number of alkyl halides is 4. The lowest BCUT2D eigenvalue weighted by Gasteiger charge is -2.21. The van der Waals surface area contributed by atoms with Gasteiger partial charge in [0, 0.05) is 90.9 Å². The minimum Gasteiger partial charge on any atom is -0.462 e. The summed E-state index contributed by atoms with van der Waals surface area (Å²) in [6.07, 6.45) is -12.5. The normalized spacial score (nSPS) is 13.9. The summed E-state index contributed by atoms with van der Waals surface area (Å²) >= 11 is 2.15. The molecular weight excluding hydrogens is 1920 g/mol. The third-order valence-corrected chi connectivity index (χ3v) is 16.2. The van der Waals surface area contributed by atoms with Gasteiger partial charge < -0.3 is 116 Å². The topological polar surface area (TPSA) is 613 Å². The number of carbonyl (C=O) groups is 14. The van der Waals surface area contributed by atoms with Crippen LogP contribution in [0.25, 0.3) is 0 Å². The van der Waals surface area contributed by atoms with Crippen LogP contribution in [-0.2, 0) is 164 Å². The van der Waals surface area contributed by atoms with E-state index < -0.39 is 187 Å². The average Bonchev–Trinajstić information content (AvgIpc) is 0.916. The maximum absolute atomic E-state index is 12.3. The van der Waals surface area contributed by atoms with E-state index in [1.807, 2.05) is 4.93 Å². The first-order valence-corrected chi connectivity index (χ1v) is 48.7. The summed E-state index contributed by atoms with van der Waals surface area (Å²) in [5.74, 6) is -4.07. The Hall–Kier alpha value is -7.02. The van der Waals surface area contributed by atoms with Crippen molar-refractivity contribution in [1.82, 2.24) is 16.0 Å². The van der Waals surface area contributed by atoms with E-state index >= 15 is 0 Å². The summed E-state index contributed by atoms with van der Waals surface area (Å²) in [5, 5.41) is 7.27. The summed E-state index contributed by atoms with van der Waals surface area (Å²) in [6.45, 7) is 37.8. The second-order valence-electron chi connectivity index (χ2n) is 29.8. The molecule has 0 fully saturated rings. The molecule has 3 amide bonds. The number of esters is 8. The number of halogens is 4. The Labute approximate surface area is 760 Å². The number of hydrogen-bond acceptors (Lipinski definition) is 41. The molecule has 0 bridgehead atoms. The lowest BCUT2D eigenvalue weighted by molar-refractivity contribution is -0.160. The molecule has 0 aliphatic carbocycles. The molecule has 8 unspecified atom stereocenters. The zero-order chi connectivity index (χ0) is 101. The SMILES string of the molecule is CC(C)(C)OC(=O)OC(=O)OC(C)(C)C.CCC(=O)OCC(COP(=O)(O)OCCN)OC(=O)CC.CCC(=O)OCC(COP(=O)(O)OCCNC(=O)OC(C)(C)C)OC(=O)CC.CCC(=O)OCC(COP(C)(=O)OCCNC(=O)OC(C)(C)C)OC(=O)CC.CCC(=O)OCC(COP(C)(=O)OCCNC(=O)OC(C)(C)C)OC(=O)CC.CI.O=CC(F)(F)F. The van der Waals surface area contributed by atoms with Gasteiger partial charge in [-0.15, -0.1) is 0 Å². The van der Waals surface area contributed by atoms with E-state index in [1.54, 1.807) is 159 Å². The number of nitrogens with two attached hydrogens (primary N) is 1. The van der Waals surface area contributed by atoms with Gasteiger partial charge in [-0.25, -0.2) is 33.1 Å². The van der Waals surface area contributed by atoms with Crippen molar-refractivity contribution in [2.75, 3.05) is 124 Å². The number of phosphoric acid groups is 2. The van der Waals surface area contributed by atoms with Gasteiger partial charge in [-0.3, -0.25) is 70.4 Å². The summed E-state index contributed by atoms with van der Waals surface area (Å²) in [4.78, 5) is 176. The molecule has 0 aromatic rings. The van der Waals surface area contributed by atoms with Crippen molar-refractivity contribution in [2.24, 2.45) is 5.73 Å². The van der Waals surface area contributed by atoms with Crippen LogP contribution in [0, 0.1) is 0 Å². The number of rotatable bonds is 47. The Balaban J connectivity index is -0.000000283. The third-order valence-electron chi connectivity index (χ3n) is 11.7. The van der Waals surface area contributed by atoms with Crippen molar-refractivity contribution >= 4 is 138 Å². The molecule has 8 atom stereocenters. The van der Waals surface area contributed by atoms with E-state index in [9.17, 15) is 104 Å². The van der Waals surface area contributed by atoms with Crippen LogP contribution >= 0.6 is 53.4 Å². The van der Waals surface area contributed by atoms with E-state index in [0.717, 1.165) is 0 Å². The molecule has 0 heterocycles. The largest absolute Gasteiger partial charge is 0.519 e. The van der Waals surface area contributed by atoms with Crippen molar-refractivity contribution in [3.8, 4) is 0 Å². The molecular formula is C74H138F3IN4O42P4. The molecule has 754 valence electrons. The highest BCUT2D eigenvalue weighted by molar-refractivity contribution is 14.1. The first kappa shape index (κ1) is 134. The number of alkyl carbamates (subject to hydrolysis) is 3. The molecule has 0 radical (unpaired) electrons. The lowest BCUT2D eigenvalue weighted by Crippen LogP contribution is -2.34. The first-order chi connectivity index (χ1) is 58.5. The standard InChI is InChI=1S/2C17H32NO9P.C16H30NO10P.C11H22NO8P.C10H18O5.C2HF3O.CH3I/c2*1-7-14(19)23-11-13(26-15(20)8-2)12-25-28(6,22)24-10-9-18-16(21)27-17(3,4)5;1-6-13(18)23-10-12(26-14(19)7-2)11-25-28(21,22)24-9-8-17-15(20)27-16(3,4)5;1-3-10(13)17-7-9(20-11(14)4-2)8-19-21(15,16)18-6-5-12;1-9(2,3)14-7(11)13-8(12)15-10(4,5)6;3-2(4,5)1-6;1-2/h2*13H,7-12H2,1-6H3,(H,18,21);12H,6-11H2,1-5H3,(H,17,20)(H,21,22);9H,3-8,12H2,1-2H3,(H,15,16);1-6H3;1H;1H3. The number of ether oxygens (including phenoxy) is 14. The van der Waals surface area contributed by atoms with Crippen molar-refractivity contribution in [3.63, 3.8) is 0 Å². The fourth-order valence-electron chi connectivity index (χ4n) is 6.40. The van der Waals surface area contributed by atoms with Crippen molar-refractivity contribution in [2.45, 2.75) is 269 Å². The van der Waals surface area contributed by atoms with E-state index in [2.05, 4.69) is 52.3 Å². The van der Waals surface area contributed by atoms with Crippen LogP contribution in [0.15, 0.2) is 0 Å². The number of phosphoric ester groups is 2. The van der Waals surface area contributed by atoms with Crippen LogP contribution in [0.2, 0.25) is 0 Å². The highest BCUT2D eigenvalue weighted by Crippen LogP contribution is 2.46. The molecule has 0 saturated heterocycles. The van der Waals surface area contributed by atoms with Crippen molar-refractivity contribution < 1.29 is 211 Å². The predicted molar refractivity (Wildman–Crippen MR) is 457 cm³/mol. The van der Waals surface area contributed by atoms with Crippen LogP contribution in [0.5, 0.6) is 0 Å². The minimum absolute atomic E-state index is 0.0519. The summed E-state index contributed by atoms with van der Waals surface area (Å²) in [7, 11) is -15.7. The zero-order valence-electron chi connectivity index (χ0n) is 78.0. The lowest BCUT2D eigenvalue weighted by atomic mass is 10.2. The number of aldehydes is 1. The third kappa shape index (κ3) is 98.0. The average molecular weight is 2060 g/mol. The molecule has 46 nitrogen and oxygen atoms in total. The Morgan fingerprint density at radius 1 is 0.344 bits per heavy atom. The molecule has 0 spiro atoms. The van der Waals surface area contributed by atoms with Crippen LogP contribution < -0.4 is 21.7 Å². The Morgan fingerprint density at radius 2 is 0.547 bits per heavy atom. The number of hydrogen-bond donors (Lipinski definition) is 6. The summed E-state index contributed by atoms with van der Waals surface area (Å²) < 4.78 is 187. The number of amides is 3. The first-order valence-electron chi connectivity index (χ1n) is 39.6. The van der Waals surface area contributed by atoms with Crippen LogP contribution in [-0.4, -0.2) is 277 Å². The monoisotopic (exact) mass is 2060 g/mol. The fraction of sp³-hybridized carbons (Fsp3) is 0.811. The van der Waals surface area contributed by atoms with Gasteiger partial charge in [0.1, 0.15) is 54.4 Å². The molecule has 0 rings (SSSR count). The molecule has 0 aliphatic rings. The van der Waals surface area contributed by atoms with Gasteiger partial charge in [0.05, 0.1) is 52.9 Å². The predicted octanol–water partition coefficient (Wildman–Crippen LogP) is 12.2. The van der Waals surface area contributed by atoms with Crippen LogP contribution in [0.3, 0.4) is 0 Å². The van der Waals surface area contributed by atoms with E-state index in [-0.39, 0.29) is 144 Å². The number of nitrogens with one attached hydrogen (secondary N) is 3. The van der Waals surface area contributed by atoms with Crippen LogP contribution in [0.1, 0.15) is 211 Å². The highest BCUT2D eigenvalue weighted by Gasteiger charge is 2.32. The summed E-state index contributed by atoms with van der Waals surface area (Å²) in [6, 6.07) is 0. The second-order valence-corrected chi connectivity index (χ2v) is 36.8. The van der Waals surface area contributed by atoms with Gasteiger partial charge in [0.15, 0.2) is 24.4 Å². The smallest absolute Gasteiger partial charge is 0.462 e. The highest BCUT2D eigenvalue weighted by atomic mass is 127. The van der Waals surface area contributed by atoms with Crippen molar-refractivity contribution in [3.05, 3.63) is 0 Å². The maximum atomic E-state index is 12.3. The van der Waals surface area contributed by atoms with Gasteiger partial charge in [-0.05, 0) is 109 Å². The van der Waals surface area contributed by atoms with Gasteiger partial charge >= 0.3 is 115 Å². The van der Waals surface area contributed by atoms with Crippen molar-refractivity contribution in [1.29, 1.82) is 0 Å². The molecule has 0 aliphatic heterocycles. The molecule has 54 heteroatoms. The van der Waals surface area contributed by atoms with Gasteiger partial charge in [0.2, 0.25) is 6.29 Å². The Kier molecular flexibility index (Phi) is 75.0. The maximum Gasteiger partial charge on any atom is 0.519 e. The molecule has 0 saturated carbocycles. The Morgan fingerprint density at radius 3 is 0.742 bits per heavy atom. The zero-order valence-corrected chi connectivity index (χ0v) is 83.7. The van der Waals surface area contributed by atoms with Gasteiger partial charge in [0.25, 0.3) is 0 Å². The molecule has 0 aromatic carbocycles. The molecule has 0 aromatic heterocycles. The van der Waals surface area contributed by atoms with Gasteiger partial charge in [-0.2, -0.15) is 13.2 Å². The fourth-order valence-corrected chi connectivity index (χ4v) is 9.78. The summed E-state index contributed by atoms with van der Waals surface area (Å²) in [5.41, 5.74) is 1.82. The second kappa shape index (κ2) is 71.6. The molecule has 7 N–H and O–H groups in total. The van der Waals surface area contributed by atoms with Crippen LogP contribution in [0.4, 0.5) is 37.1 Å². The van der Waals surface area contributed by atoms with Gasteiger partial charge in [-0.1, -0.05) is 78.0 Å². The van der Waals surface area contributed by atoms with E-state index in [1.165, 1.54) is 13.3 Å². The molecule has 128 heavy (non-hydrogen) atoms. The number of carbonyl (C=O) groups excluding carboxylic acids is 14. The quantitative estimate of drug-likeness (QED) is 0.00482. The Bertz CT molecular complexity index is 3180. The van der Waals surface area contributed by atoms with E-state index in [0.29, 0.717) is 0 Å². The minimum atomic E-state index is -4.64.